The Balaban J connectivity index is 1.92. The van der Waals surface area contributed by atoms with Crippen molar-refractivity contribution in [3.8, 4) is 28.5 Å². The van der Waals surface area contributed by atoms with Crippen LogP contribution in [-0.2, 0) is 12.4 Å². The quantitative estimate of drug-likeness (QED) is 0.408. The van der Waals surface area contributed by atoms with Gasteiger partial charge >= 0.3 is 12.4 Å². The minimum Gasteiger partial charge on any atom is -0.493 e. The van der Waals surface area contributed by atoms with Crippen LogP contribution in [0.1, 0.15) is 21.5 Å². The van der Waals surface area contributed by atoms with Crippen LogP contribution in [0.25, 0.3) is 11.3 Å². The molecule has 0 saturated carbocycles. The van der Waals surface area contributed by atoms with Gasteiger partial charge in [-0.2, -0.15) is 26.3 Å². The zero-order chi connectivity index (χ0) is 25.3. The molecule has 0 aliphatic heterocycles. The van der Waals surface area contributed by atoms with Gasteiger partial charge in [0.25, 0.3) is 5.91 Å². The lowest BCUT2D eigenvalue weighted by Gasteiger charge is -2.14. The number of methoxy groups -OCH3 is 3. The molecule has 0 unspecified atom stereocenters. The zero-order valence-corrected chi connectivity index (χ0v) is 18.5. The molecule has 3 aromatic rings. The maximum atomic E-state index is 13.1. The molecule has 0 aliphatic carbocycles. The number of rotatable bonds is 6. The summed E-state index contributed by atoms with van der Waals surface area (Å²) in [7, 11) is 4.25. The number of nitrogens with zero attached hydrogens (tertiary/aromatic N) is 1. The van der Waals surface area contributed by atoms with Gasteiger partial charge in [-0.05, 0) is 30.3 Å². The molecule has 3 rings (SSSR count). The van der Waals surface area contributed by atoms with Gasteiger partial charge in [-0.3, -0.25) is 10.1 Å². The highest BCUT2D eigenvalue weighted by molar-refractivity contribution is 7.14. The normalized spacial score (nSPS) is 11.8. The second-order valence-electron chi connectivity index (χ2n) is 6.70. The highest BCUT2D eigenvalue weighted by Gasteiger charge is 2.37. The Morgan fingerprint density at radius 2 is 1.38 bits per heavy atom. The van der Waals surface area contributed by atoms with E-state index in [1.807, 2.05) is 0 Å². The second-order valence-corrected chi connectivity index (χ2v) is 7.56. The summed E-state index contributed by atoms with van der Waals surface area (Å²) < 4.78 is 94.1. The fourth-order valence-corrected chi connectivity index (χ4v) is 3.66. The number of halogens is 6. The van der Waals surface area contributed by atoms with Crippen LogP contribution in [0.15, 0.2) is 35.7 Å². The Morgan fingerprint density at radius 1 is 0.853 bits per heavy atom. The van der Waals surface area contributed by atoms with E-state index in [9.17, 15) is 31.1 Å². The number of nitrogens with one attached hydrogen (secondary N) is 1. The molecule has 0 radical (unpaired) electrons. The molecule has 13 heteroatoms. The third-order valence-corrected chi connectivity index (χ3v) is 5.29. The van der Waals surface area contributed by atoms with Crippen molar-refractivity contribution >= 4 is 22.4 Å². The van der Waals surface area contributed by atoms with Gasteiger partial charge in [0.15, 0.2) is 16.6 Å². The van der Waals surface area contributed by atoms with Crippen LogP contribution in [0, 0.1) is 0 Å². The molecule has 6 nitrogen and oxygen atoms in total. The molecule has 1 N–H and O–H groups in total. The van der Waals surface area contributed by atoms with Crippen LogP contribution >= 0.6 is 11.3 Å². The third-order valence-electron chi connectivity index (χ3n) is 4.53. The van der Waals surface area contributed by atoms with Crippen LogP contribution in [0.4, 0.5) is 31.5 Å². The number of carbonyl (C=O) groups excluding carboxylic acids is 1. The van der Waals surface area contributed by atoms with Gasteiger partial charge < -0.3 is 14.2 Å². The van der Waals surface area contributed by atoms with Gasteiger partial charge in [-0.15, -0.1) is 11.3 Å². The van der Waals surface area contributed by atoms with E-state index in [0.29, 0.717) is 40.6 Å². The Kier molecular flexibility index (Phi) is 6.96. The van der Waals surface area contributed by atoms with Crippen molar-refractivity contribution < 1.29 is 45.3 Å². The molecule has 0 atom stereocenters. The molecule has 0 aliphatic rings. The number of anilines is 1. The summed E-state index contributed by atoms with van der Waals surface area (Å²) in [5, 5.41) is 3.72. The van der Waals surface area contributed by atoms with E-state index in [0.717, 1.165) is 11.3 Å². The Hall–Kier alpha value is -3.48. The fourth-order valence-electron chi connectivity index (χ4n) is 2.95. The van der Waals surface area contributed by atoms with Gasteiger partial charge in [-0.1, -0.05) is 0 Å². The van der Waals surface area contributed by atoms with Gasteiger partial charge in [0.05, 0.1) is 38.2 Å². The first-order valence-corrected chi connectivity index (χ1v) is 10.1. The molecule has 0 saturated heterocycles. The highest BCUT2D eigenvalue weighted by atomic mass is 32.1. The lowest BCUT2D eigenvalue weighted by Crippen LogP contribution is -2.17. The highest BCUT2D eigenvalue weighted by Crippen LogP contribution is 2.42. The monoisotopic (exact) mass is 506 g/mol. The van der Waals surface area contributed by atoms with Crippen molar-refractivity contribution in [1.29, 1.82) is 0 Å². The number of hydrogen-bond donors (Lipinski definition) is 1. The minimum atomic E-state index is -5.07. The van der Waals surface area contributed by atoms with Crippen molar-refractivity contribution in [2.24, 2.45) is 0 Å². The largest absolute Gasteiger partial charge is 0.493 e. The lowest BCUT2D eigenvalue weighted by molar-refractivity contribution is -0.143. The van der Waals surface area contributed by atoms with E-state index < -0.39 is 35.0 Å². The van der Waals surface area contributed by atoms with Crippen molar-refractivity contribution in [1.82, 2.24) is 4.98 Å². The lowest BCUT2D eigenvalue weighted by atomic mass is 10.0. The first-order chi connectivity index (χ1) is 15.9. The first kappa shape index (κ1) is 25.1. The van der Waals surface area contributed by atoms with Crippen LogP contribution in [0.5, 0.6) is 17.2 Å². The summed E-state index contributed by atoms with van der Waals surface area (Å²) in [5.41, 5.74) is -3.15. The molecule has 0 fully saturated rings. The van der Waals surface area contributed by atoms with Crippen LogP contribution in [0.3, 0.4) is 0 Å². The number of alkyl halides is 6. The van der Waals surface area contributed by atoms with E-state index in [2.05, 4.69) is 10.3 Å². The number of carbonyl (C=O) groups is 1. The number of aromatic nitrogens is 1. The number of thiazole rings is 1. The molecule has 34 heavy (non-hydrogen) atoms. The maximum Gasteiger partial charge on any atom is 0.416 e. The molecule has 0 spiro atoms. The first-order valence-electron chi connectivity index (χ1n) is 9.24. The van der Waals surface area contributed by atoms with Crippen molar-refractivity contribution in [3.63, 3.8) is 0 Å². The van der Waals surface area contributed by atoms with Gasteiger partial charge in [-0.25, -0.2) is 4.98 Å². The Bertz CT molecular complexity index is 1150. The van der Waals surface area contributed by atoms with E-state index in [-0.39, 0.29) is 11.2 Å². The molecule has 1 aromatic heterocycles. The molecular weight excluding hydrogens is 490 g/mol. The van der Waals surface area contributed by atoms with Gasteiger partial charge in [0, 0.05) is 16.5 Å². The molecule has 0 bridgehead atoms. The standard InChI is InChI=1S/C21H16F6N2O4S/c1-31-15-6-10(7-16(32-2)17(15)33-3)14-9-34-19(28-14)29-18(30)11-4-12(20(22,23)24)8-13(5-11)21(25,26)27/h4-9H,1-3H3,(H,28,29,30). The topological polar surface area (TPSA) is 69.7 Å². The Morgan fingerprint density at radius 3 is 1.82 bits per heavy atom. The number of hydrogen-bond acceptors (Lipinski definition) is 6. The molecular formula is C21H16F6N2O4S. The summed E-state index contributed by atoms with van der Waals surface area (Å²) in [6.45, 7) is 0. The number of benzene rings is 2. The van der Waals surface area contributed by atoms with E-state index >= 15 is 0 Å². The second kappa shape index (κ2) is 9.41. The van der Waals surface area contributed by atoms with Crippen LogP contribution in [-0.4, -0.2) is 32.2 Å². The van der Waals surface area contributed by atoms with Crippen molar-refractivity contribution in [2.75, 3.05) is 26.6 Å². The van der Waals surface area contributed by atoms with Crippen LogP contribution < -0.4 is 19.5 Å². The van der Waals surface area contributed by atoms with E-state index in [4.69, 9.17) is 14.2 Å². The summed E-state index contributed by atoms with van der Waals surface area (Å²) in [6, 6.07) is 3.81. The summed E-state index contributed by atoms with van der Waals surface area (Å²) in [5.74, 6) is -0.178. The van der Waals surface area contributed by atoms with E-state index in [1.165, 1.54) is 26.7 Å². The van der Waals surface area contributed by atoms with Gasteiger partial charge in [0.1, 0.15) is 0 Å². The summed E-state index contributed by atoms with van der Waals surface area (Å²) >= 11 is 0.923. The maximum absolute atomic E-state index is 13.1. The smallest absolute Gasteiger partial charge is 0.416 e. The van der Waals surface area contributed by atoms with Gasteiger partial charge in [0.2, 0.25) is 5.75 Å². The molecule has 1 heterocycles. The zero-order valence-electron chi connectivity index (χ0n) is 17.7. The summed E-state index contributed by atoms with van der Waals surface area (Å²) in [4.78, 5) is 16.7. The molecule has 182 valence electrons. The molecule has 2 aromatic carbocycles. The number of amides is 1. The fraction of sp³-hybridized carbons (Fsp3) is 0.238. The van der Waals surface area contributed by atoms with Crippen molar-refractivity contribution in [2.45, 2.75) is 12.4 Å². The molecule has 1 amide bonds. The average Bonchev–Trinajstić information content (AvgIpc) is 3.24. The minimum absolute atomic E-state index is 0.0419. The SMILES string of the molecule is COc1cc(-c2csc(NC(=O)c3cc(C(F)(F)F)cc(C(F)(F)F)c3)n2)cc(OC)c1OC. The average molecular weight is 506 g/mol. The summed E-state index contributed by atoms with van der Waals surface area (Å²) in [6.07, 6.45) is -10.1. The van der Waals surface area contributed by atoms with Crippen LogP contribution in [0.2, 0.25) is 0 Å². The van der Waals surface area contributed by atoms with Crippen molar-refractivity contribution in [3.05, 3.63) is 52.4 Å². The van der Waals surface area contributed by atoms with E-state index in [1.54, 1.807) is 12.1 Å². The third kappa shape index (κ3) is 5.35. The Labute approximate surface area is 193 Å². The predicted molar refractivity (Wildman–Crippen MR) is 112 cm³/mol. The number of ether oxygens (including phenoxy) is 3. The predicted octanol–water partition coefficient (Wildman–Crippen LogP) is 6.13.